The van der Waals surface area contributed by atoms with Gasteiger partial charge in [0.1, 0.15) is 0 Å². The minimum Gasteiger partial charge on any atom is -0.320 e. The summed E-state index contributed by atoms with van der Waals surface area (Å²) >= 11 is 0. The third-order valence-corrected chi connectivity index (χ3v) is 4.92. The summed E-state index contributed by atoms with van der Waals surface area (Å²) in [6, 6.07) is 17.1. The minimum atomic E-state index is -0.0470. The molecule has 1 heteroatoms. The van der Waals surface area contributed by atoms with Gasteiger partial charge in [-0.05, 0) is 46.9 Å². The van der Waals surface area contributed by atoms with Crippen LogP contribution in [0, 0.1) is 0 Å². The topological polar surface area (TPSA) is 26.0 Å². The molecule has 0 saturated heterocycles. The van der Waals surface area contributed by atoms with Crippen LogP contribution in [0.5, 0.6) is 0 Å². The molecule has 1 nitrogen and oxygen atoms in total. The van der Waals surface area contributed by atoms with Gasteiger partial charge in [-0.1, -0.05) is 76.2 Å². The normalized spacial score (nSPS) is 15.3. The first kappa shape index (κ1) is 16.8. The number of hydrogen-bond donors (Lipinski definition) is 1. The van der Waals surface area contributed by atoms with E-state index in [1.165, 1.54) is 22.3 Å². The second kappa shape index (κ2) is 7.60. The maximum Gasteiger partial charge on any atom is 0.0554 e. The van der Waals surface area contributed by atoms with Gasteiger partial charge in [-0.3, -0.25) is 0 Å². The molecular formula is C21H29N. The summed E-state index contributed by atoms with van der Waals surface area (Å²) in [5.74, 6) is 1.11. The molecule has 2 aromatic rings. The van der Waals surface area contributed by atoms with E-state index in [0.717, 1.165) is 12.8 Å². The Morgan fingerprint density at radius 2 is 1.36 bits per heavy atom. The second-order valence-electron chi connectivity index (χ2n) is 6.36. The highest BCUT2D eigenvalue weighted by molar-refractivity contribution is 5.44. The Balaban J connectivity index is 2.55. The third kappa shape index (κ3) is 3.41. The largest absolute Gasteiger partial charge is 0.320 e. The van der Waals surface area contributed by atoms with Crippen LogP contribution in [0.15, 0.2) is 48.5 Å². The van der Waals surface area contributed by atoms with E-state index in [0.29, 0.717) is 11.8 Å². The van der Waals surface area contributed by atoms with Crippen molar-refractivity contribution in [1.29, 1.82) is 0 Å². The monoisotopic (exact) mass is 295 g/mol. The smallest absolute Gasteiger partial charge is 0.0554 e. The average Bonchev–Trinajstić information content (AvgIpc) is 2.59. The van der Waals surface area contributed by atoms with Crippen LogP contribution in [0.2, 0.25) is 0 Å². The molecule has 0 spiro atoms. The lowest BCUT2D eigenvalue weighted by Gasteiger charge is -2.26. The molecule has 0 aliphatic heterocycles. The number of nitrogens with two attached hydrogens (primary N) is 1. The van der Waals surface area contributed by atoms with Crippen LogP contribution in [0.25, 0.3) is 0 Å². The molecule has 0 saturated carbocycles. The first-order chi connectivity index (χ1) is 10.6. The van der Waals surface area contributed by atoms with Crippen molar-refractivity contribution in [3.8, 4) is 0 Å². The van der Waals surface area contributed by atoms with Crippen LogP contribution >= 0.6 is 0 Å². The highest BCUT2D eigenvalue weighted by atomic mass is 14.6. The molecule has 3 unspecified atom stereocenters. The quantitative estimate of drug-likeness (QED) is 0.720. The predicted octanol–water partition coefficient (Wildman–Crippen LogP) is 5.76. The minimum absolute atomic E-state index is 0.0470. The van der Waals surface area contributed by atoms with Gasteiger partial charge in [0.25, 0.3) is 0 Å². The molecule has 2 rings (SSSR count). The van der Waals surface area contributed by atoms with Gasteiger partial charge in [0.15, 0.2) is 0 Å². The molecule has 0 radical (unpaired) electrons. The van der Waals surface area contributed by atoms with Crippen molar-refractivity contribution in [3.05, 3.63) is 70.8 Å². The van der Waals surface area contributed by atoms with Gasteiger partial charge in [-0.25, -0.2) is 0 Å². The first-order valence-electron chi connectivity index (χ1n) is 8.53. The summed E-state index contributed by atoms with van der Waals surface area (Å²) in [6.07, 6.45) is 2.30. The lowest BCUT2D eigenvalue weighted by Crippen LogP contribution is -2.17. The fourth-order valence-electron chi connectivity index (χ4n) is 3.14. The van der Waals surface area contributed by atoms with Gasteiger partial charge < -0.3 is 5.73 Å². The fourth-order valence-corrected chi connectivity index (χ4v) is 3.14. The van der Waals surface area contributed by atoms with E-state index in [9.17, 15) is 0 Å². The number of rotatable bonds is 6. The molecule has 0 heterocycles. The third-order valence-electron chi connectivity index (χ3n) is 4.92. The molecular weight excluding hydrogens is 266 g/mol. The van der Waals surface area contributed by atoms with E-state index in [1.807, 2.05) is 6.07 Å². The van der Waals surface area contributed by atoms with Crippen molar-refractivity contribution in [2.24, 2.45) is 5.73 Å². The van der Waals surface area contributed by atoms with Crippen molar-refractivity contribution >= 4 is 0 Å². The number of hydrogen-bond acceptors (Lipinski definition) is 1. The van der Waals surface area contributed by atoms with Gasteiger partial charge in [-0.15, -0.1) is 0 Å². The maximum atomic E-state index is 6.62. The zero-order valence-electron chi connectivity index (χ0n) is 14.3. The van der Waals surface area contributed by atoms with Crippen LogP contribution in [0.3, 0.4) is 0 Å². The second-order valence-corrected chi connectivity index (χ2v) is 6.36. The van der Waals surface area contributed by atoms with E-state index in [1.54, 1.807) is 0 Å². The Kier molecular flexibility index (Phi) is 5.79. The predicted molar refractivity (Wildman–Crippen MR) is 96.3 cm³/mol. The molecule has 0 aliphatic rings. The van der Waals surface area contributed by atoms with Gasteiger partial charge in [0.2, 0.25) is 0 Å². The Hall–Kier alpha value is -1.60. The Morgan fingerprint density at radius 3 is 1.95 bits per heavy atom. The summed E-state index contributed by atoms with van der Waals surface area (Å²) in [4.78, 5) is 0. The van der Waals surface area contributed by atoms with Crippen LogP contribution in [0.1, 0.15) is 80.7 Å². The molecule has 2 aromatic carbocycles. The summed E-state index contributed by atoms with van der Waals surface area (Å²) in [5, 5.41) is 0. The zero-order chi connectivity index (χ0) is 16.1. The van der Waals surface area contributed by atoms with Crippen LogP contribution in [0.4, 0.5) is 0 Å². The fraction of sp³-hybridized carbons (Fsp3) is 0.429. The maximum absolute atomic E-state index is 6.62. The first-order valence-corrected chi connectivity index (χ1v) is 8.53. The summed E-state index contributed by atoms with van der Waals surface area (Å²) in [5.41, 5.74) is 12.0. The van der Waals surface area contributed by atoms with Gasteiger partial charge >= 0.3 is 0 Å². The van der Waals surface area contributed by atoms with E-state index in [4.69, 9.17) is 5.73 Å². The van der Waals surface area contributed by atoms with Crippen molar-refractivity contribution in [2.45, 2.75) is 58.4 Å². The van der Waals surface area contributed by atoms with Crippen molar-refractivity contribution in [3.63, 3.8) is 0 Å². The molecule has 22 heavy (non-hydrogen) atoms. The summed E-state index contributed by atoms with van der Waals surface area (Å²) in [6.45, 7) is 9.16. The lowest BCUT2D eigenvalue weighted by molar-refractivity contribution is 0.661. The summed E-state index contributed by atoms with van der Waals surface area (Å²) < 4.78 is 0. The Labute approximate surface area is 135 Å². The van der Waals surface area contributed by atoms with Gasteiger partial charge in [0.05, 0.1) is 6.04 Å². The van der Waals surface area contributed by atoms with E-state index >= 15 is 0 Å². The molecule has 0 amide bonds. The van der Waals surface area contributed by atoms with Crippen LogP contribution < -0.4 is 5.73 Å². The highest BCUT2D eigenvalue weighted by Gasteiger charge is 2.21. The molecule has 0 aliphatic carbocycles. The molecule has 0 bridgehead atoms. The van der Waals surface area contributed by atoms with Gasteiger partial charge in [0, 0.05) is 0 Å². The van der Waals surface area contributed by atoms with Crippen molar-refractivity contribution in [1.82, 2.24) is 0 Å². The van der Waals surface area contributed by atoms with Gasteiger partial charge in [-0.2, -0.15) is 0 Å². The SMILES string of the molecule is CCC(C)c1cccc(C(N)c2ccccc2)c1C(C)CC. The standard InChI is InChI=1S/C21H29N/c1-5-15(3)18-13-10-14-19(20(18)16(4)6-2)21(22)17-11-8-7-9-12-17/h7-16,21H,5-6,22H2,1-4H3. The molecule has 118 valence electrons. The number of benzene rings is 2. The Bertz CT molecular complexity index is 588. The highest BCUT2D eigenvalue weighted by Crippen LogP contribution is 2.36. The molecule has 0 fully saturated rings. The van der Waals surface area contributed by atoms with Crippen molar-refractivity contribution in [2.75, 3.05) is 0 Å². The van der Waals surface area contributed by atoms with E-state index in [-0.39, 0.29) is 6.04 Å². The average molecular weight is 295 g/mol. The molecule has 0 aromatic heterocycles. The molecule has 2 N–H and O–H groups in total. The summed E-state index contributed by atoms with van der Waals surface area (Å²) in [7, 11) is 0. The lowest BCUT2D eigenvalue weighted by atomic mass is 9.81. The van der Waals surface area contributed by atoms with Crippen molar-refractivity contribution < 1.29 is 0 Å². The Morgan fingerprint density at radius 1 is 0.773 bits per heavy atom. The van der Waals surface area contributed by atoms with E-state index < -0.39 is 0 Å². The van der Waals surface area contributed by atoms with Crippen LogP contribution in [-0.4, -0.2) is 0 Å². The van der Waals surface area contributed by atoms with E-state index in [2.05, 4.69) is 70.2 Å². The molecule has 3 atom stereocenters. The zero-order valence-corrected chi connectivity index (χ0v) is 14.3. The van der Waals surface area contributed by atoms with Crippen LogP contribution in [-0.2, 0) is 0 Å².